The van der Waals surface area contributed by atoms with E-state index in [0.29, 0.717) is 17.2 Å². The first-order valence-corrected chi connectivity index (χ1v) is 7.37. The molecule has 4 aromatic heterocycles. The van der Waals surface area contributed by atoms with E-state index in [9.17, 15) is 0 Å². The molecular formula is C12H10N8OS. The third kappa shape index (κ3) is 2.13. The molecule has 22 heavy (non-hydrogen) atoms. The number of hydrogen-bond donors (Lipinski definition) is 0. The van der Waals surface area contributed by atoms with Crippen LogP contribution in [0.4, 0.5) is 0 Å². The smallest absolute Gasteiger partial charge is 0.200 e. The van der Waals surface area contributed by atoms with Gasteiger partial charge in [-0.05, 0) is 53.4 Å². The Morgan fingerprint density at radius 2 is 2.14 bits per heavy atom. The van der Waals surface area contributed by atoms with Gasteiger partial charge in [-0.15, -0.1) is 25.0 Å². The lowest BCUT2D eigenvalue weighted by atomic mass is 10.4. The van der Waals surface area contributed by atoms with Crippen molar-refractivity contribution in [1.29, 1.82) is 0 Å². The summed E-state index contributed by atoms with van der Waals surface area (Å²) < 4.78 is 8.74. The number of rotatable bonds is 4. The zero-order chi connectivity index (χ0) is 14.9. The summed E-state index contributed by atoms with van der Waals surface area (Å²) in [6.45, 7) is 2.75. The summed E-state index contributed by atoms with van der Waals surface area (Å²) in [5, 5.41) is 25.4. The maximum absolute atomic E-state index is 5.39. The number of nitrogens with zero attached hydrogens (tertiary/aromatic N) is 8. The van der Waals surface area contributed by atoms with Crippen molar-refractivity contribution in [3.8, 4) is 11.6 Å². The molecule has 0 atom stereocenters. The van der Waals surface area contributed by atoms with Gasteiger partial charge in [0, 0.05) is 6.54 Å². The minimum absolute atomic E-state index is 0.595. The molecule has 4 heterocycles. The number of hydrogen-bond acceptors (Lipinski definition) is 8. The normalized spacial score (nSPS) is 11.3. The monoisotopic (exact) mass is 314 g/mol. The molecule has 0 aliphatic carbocycles. The molecule has 0 bridgehead atoms. The van der Waals surface area contributed by atoms with Crippen molar-refractivity contribution >= 4 is 17.4 Å². The van der Waals surface area contributed by atoms with Crippen molar-refractivity contribution in [1.82, 2.24) is 40.0 Å². The Hall–Kier alpha value is -2.75. The Bertz CT molecular complexity index is 912. The van der Waals surface area contributed by atoms with Crippen molar-refractivity contribution in [3.05, 3.63) is 30.5 Å². The Labute approximate surface area is 128 Å². The van der Waals surface area contributed by atoms with Gasteiger partial charge in [0.15, 0.2) is 22.4 Å². The molecule has 9 nitrogen and oxygen atoms in total. The average molecular weight is 314 g/mol. The highest BCUT2D eigenvalue weighted by atomic mass is 32.2. The lowest BCUT2D eigenvalue weighted by Gasteiger charge is -2.04. The fraction of sp³-hybridized carbons (Fsp3) is 0.167. The lowest BCUT2D eigenvalue weighted by molar-refractivity contribution is 0.567. The third-order valence-electron chi connectivity index (χ3n) is 3.02. The van der Waals surface area contributed by atoms with Gasteiger partial charge in [-0.25, -0.2) is 0 Å². The number of fused-ring (bicyclic) bond motifs is 1. The summed E-state index contributed by atoms with van der Waals surface area (Å²) in [7, 11) is 0. The zero-order valence-electron chi connectivity index (χ0n) is 11.5. The van der Waals surface area contributed by atoms with E-state index in [-0.39, 0.29) is 0 Å². The average Bonchev–Trinajstić information content (AvgIpc) is 3.27. The van der Waals surface area contributed by atoms with Gasteiger partial charge in [0.05, 0.1) is 6.26 Å². The van der Waals surface area contributed by atoms with Gasteiger partial charge in [0.2, 0.25) is 0 Å². The van der Waals surface area contributed by atoms with E-state index in [0.717, 1.165) is 16.7 Å². The van der Waals surface area contributed by atoms with E-state index in [2.05, 4.69) is 30.8 Å². The van der Waals surface area contributed by atoms with E-state index < -0.39 is 0 Å². The van der Waals surface area contributed by atoms with Crippen molar-refractivity contribution < 1.29 is 4.42 Å². The topological polar surface area (TPSA) is 99.8 Å². The molecule has 0 fully saturated rings. The van der Waals surface area contributed by atoms with Crippen LogP contribution in [0.5, 0.6) is 0 Å². The Balaban J connectivity index is 1.70. The van der Waals surface area contributed by atoms with Crippen LogP contribution in [0.25, 0.3) is 17.2 Å². The fourth-order valence-electron chi connectivity index (χ4n) is 2.02. The molecule has 0 amide bonds. The van der Waals surface area contributed by atoms with Crippen LogP contribution in [0.3, 0.4) is 0 Å². The summed E-state index contributed by atoms with van der Waals surface area (Å²) in [4.78, 5) is 0. The predicted octanol–water partition coefficient (Wildman–Crippen LogP) is 1.54. The van der Waals surface area contributed by atoms with Gasteiger partial charge in [-0.3, -0.25) is 4.57 Å². The van der Waals surface area contributed by atoms with E-state index in [1.54, 1.807) is 12.3 Å². The number of furan rings is 1. The van der Waals surface area contributed by atoms with Crippen LogP contribution >= 0.6 is 11.8 Å². The summed E-state index contributed by atoms with van der Waals surface area (Å²) in [5.74, 6) is 1.38. The number of tetrazole rings is 1. The first kappa shape index (κ1) is 13.0. The molecule has 10 heteroatoms. The highest BCUT2D eigenvalue weighted by Gasteiger charge is 2.16. The zero-order valence-corrected chi connectivity index (χ0v) is 12.3. The van der Waals surface area contributed by atoms with Gasteiger partial charge >= 0.3 is 0 Å². The van der Waals surface area contributed by atoms with Crippen molar-refractivity contribution in [2.24, 2.45) is 0 Å². The molecule has 0 spiro atoms. The van der Waals surface area contributed by atoms with Crippen LogP contribution in [-0.4, -0.2) is 40.0 Å². The minimum Gasteiger partial charge on any atom is -0.461 e. The first-order chi connectivity index (χ1) is 10.8. The molecule has 0 aliphatic heterocycles. The van der Waals surface area contributed by atoms with Crippen molar-refractivity contribution in [2.45, 2.75) is 23.7 Å². The van der Waals surface area contributed by atoms with Crippen LogP contribution in [-0.2, 0) is 6.54 Å². The van der Waals surface area contributed by atoms with Crippen molar-refractivity contribution in [3.63, 3.8) is 0 Å². The maximum atomic E-state index is 5.39. The summed E-state index contributed by atoms with van der Waals surface area (Å²) >= 11 is 1.40. The van der Waals surface area contributed by atoms with Gasteiger partial charge in [0.1, 0.15) is 5.03 Å². The first-order valence-electron chi connectivity index (χ1n) is 6.55. The fourth-order valence-corrected chi connectivity index (χ4v) is 2.87. The van der Waals surface area contributed by atoms with Gasteiger partial charge in [0.25, 0.3) is 0 Å². The predicted molar refractivity (Wildman–Crippen MR) is 76.1 cm³/mol. The van der Waals surface area contributed by atoms with Crippen LogP contribution in [0, 0.1) is 0 Å². The third-order valence-corrected chi connectivity index (χ3v) is 3.93. The standard InChI is InChI=1S/C12H10N8OS/c1-2-19-11(8-4-3-7-21-8)14-15-12(19)22-10-6-5-9-13-17-18-20(9)16-10/h3-7H,2H2,1H3. The SMILES string of the molecule is CCn1c(Sc2ccc3nnnn3n2)nnc1-c1ccco1. The van der Waals surface area contributed by atoms with Crippen LogP contribution in [0.1, 0.15) is 6.92 Å². The Morgan fingerprint density at radius 1 is 1.18 bits per heavy atom. The molecule has 4 aromatic rings. The highest BCUT2D eigenvalue weighted by molar-refractivity contribution is 7.99. The Morgan fingerprint density at radius 3 is 2.95 bits per heavy atom. The van der Waals surface area contributed by atoms with E-state index in [1.165, 1.54) is 16.4 Å². The maximum Gasteiger partial charge on any atom is 0.200 e. The van der Waals surface area contributed by atoms with E-state index in [4.69, 9.17) is 4.42 Å². The van der Waals surface area contributed by atoms with E-state index in [1.807, 2.05) is 29.7 Å². The van der Waals surface area contributed by atoms with Gasteiger partial charge in [-0.1, -0.05) is 0 Å². The van der Waals surface area contributed by atoms with Crippen molar-refractivity contribution in [2.75, 3.05) is 0 Å². The second-order valence-electron chi connectivity index (χ2n) is 4.33. The molecule has 4 rings (SSSR count). The quantitative estimate of drug-likeness (QED) is 0.559. The van der Waals surface area contributed by atoms with Gasteiger partial charge in [-0.2, -0.15) is 0 Å². The van der Waals surface area contributed by atoms with Gasteiger partial charge < -0.3 is 4.42 Å². The molecule has 0 radical (unpaired) electrons. The van der Waals surface area contributed by atoms with E-state index >= 15 is 0 Å². The van der Waals surface area contributed by atoms with Crippen LogP contribution in [0.2, 0.25) is 0 Å². The second-order valence-corrected chi connectivity index (χ2v) is 5.32. The Kier molecular flexibility index (Phi) is 3.07. The summed E-state index contributed by atoms with van der Waals surface area (Å²) in [6, 6.07) is 7.33. The molecule has 110 valence electrons. The van der Waals surface area contributed by atoms with Crippen LogP contribution in [0.15, 0.2) is 45.1 Å². The molecular weight excluding hydrogens is 304 g/mol. The largest absolute Gasteiger partial charge is 0.461 e. The molecule has 0 aliphatic rings. The summed E-state index contributed by atoms with van der Waals surface area (Å²) in [6.07, 6.45) is 1.62. The number of aromatic nitrogens is 8. The molecule has 0 N–H and O–H groups in total. The molecule has 0 unspecified atom stereocenters. The molecule has 0 saturated heterocycles. The highest BCUT2D eigenvalue weighted by Crippen LogP contribution is 2.28. The summed E-state index contributed by atoms with van der Waals surface area (Å²) in [5.41, 5.74) is 0.595. The second kappa shape index (κ2) is 5.22. The lowest BCUT2D eigenvalue weighted by Crippen LogP contribution is -2.00. The minimum atomic E-state index is 0.595. The molecule has 0 aromatic carbocycles. The van der Waals surface area contributed by atoms with Crippen LogP contribution < -0.4 is 0 Å². The molecule has 0 saturated carbocycles.